The van der Waals surface area contributed by atoms with E-state index in [0.29, 0.717) is 5.16 Å². The molecule has 0 aliphatic heterocycles. The zero-order valence-electron chi connectivity index (χ0n) is 16.1. The van der Waals surface area contributed by atoms with E-state index in [2.05, 4.69) is 15.2 Å². The predicted octanol–water partition coefficient (Wildman–Crippen LogP) is 3.58. The van der Waals surface area contributed by atoms with Gasteiger partial charge in [0.2, 0.25) is 5.16 Å². The van der Waals surface area contributed by atoms with Crippen LogP contribution in [0.5, 0.6) is 5.75 Å². The summed E-state index contributed by atoms with van der Waals surface area (Å²) >= 11 is 0.976. The number of fused-ring (bicyclic) bond motifs is 1. The van der Waals surface area contributed by atoms with Crippen molar-refractivity contribution in [3.63, 3.8) is 0 Å². The van der Waals surface area contributed by atoms with Gasteiger partial charge in [-0.05, 0) is 55.1 Å². The van der Waals surface area contributed by atoms with Gasteiger partial charge in [0.25, 0.3) is 0 Å². The predicted molar refractivity (Wildman–Crippen MR) is 109 cm³/mol. The molecule has 146 valence electrons. The summed E-state index contributed by atoms with van der Waals surface area (Å²) in [5.74, 6) is 0.241. The minimum absolute atomic E-state index is 0.0437. The van der Waals surface area contributed by atoms with Gasteiger partial charge in [-0.1, -0.05) is 37.3 Å². The van der Waals surface area contributed by atoms with Crippen molar-refractivity contribution < 1.29 is 14.6 Å². The van der Waals surface area contributed by atoms with Crippen LogP contribution >= 0.6 is 11.8 Å². The molecule has 0 saturated carbocycles. The molecule has 1 aromatic heterocycles. The first-order chi connectivity index (χ1) is 13.5. The number of carbonyl (C=O) groups is 1. The highest BCUT2D eigenvalue weighted by Gasteiger charge is 2.11. The lowest BCUT2D eigenvalue weighted by Gasteiger charge is -2.14. The molecule has 1 heterocycles. The first kappa shape index (κ1) is 19.9. The van der Waals surface area contributed by atoms with E-state index in [1.165, 1.54) is 0 Å². The van der Waals surface area contributed by atoms with Gasteiger partial charge in [0.1, 0.15) is 11.6 Å². The van der Waals surface area contributed by atoms with Crippen molar-refractivity contribution in [2.75, 3.05) is 0 Å². The summed E-state index contributed by atoms with van der Waals surface area (Å²) in [6, 6.07) is 11.5. The molecule has 0 saturated heterocycles. The number of ether oxygens (including phenoxy) is 1. The van der Waals surface area contributed by atoms with Crippen molar-refractivity contribution in [1.82, 2.24) is 15.2 Å². The van der Waals surface area contributed by atoms with Gasteiger partial charge in [0.05, 0.1) is 12.1 Å². The molecule has 1 N–H and O–H groups in total. The summed E-state index contributed by atoms with van der Waals surface area (Å²) < 4.78 is 5.88. The minimum Gasteiger partial charge on any atom is -0.544 e. The fourth-order valence-corrected chi connectivity index (χ4v) is 3.53. The number of aryl methyl sites for hydroxylation is 1. The molecule has 2 aromatic carbocycles. The fraction of sp³-hybridized carbons (Fsp3) is 0.286. The molecule has 6 nitrogen and oxygen atoms in total. The van der Waals surface area contributed by atoms with Crippen LogP contribution in [0.25, 0.3) is 16.8 Å². The maximum absolute atomic E-state index is 11.7. The first-order valence-corrected chi connectivity index (χ1v) is 10.00. The van der Waals surface area contributed by atoms with Gasteiger partial charge in [0.15, 0.2) is 0 Å². The van der Waals surface area contributed by atoms with Crippen molar-refractivity contribution in [2.24, 2.45) is 0 Å². The number of nitrogens with one attached hydrogen (secondary N) is 1. The quantitative estimate of drug-likeness (QED) is 0.462. The second-order valence-corrected chi connectivity index (χ2v) is 7.59. The third-order valence-corrected chi connectivity index (χ3v) is 4.84. The Kier molecular flexibility index (Phi) is 6.36. The third-order valence-electron chi connectivity index (χ3n) is 3.97. The van der Waals surface area contributed by atoms with Crippen LogP contribution in [0.1, 0.15) is 38.6 Å². The maximum Gasteiger partial charge on any atom is 0.213 e. The van der Waals surface area contributed by atoms with Gasteiger partial charge in [0, 0.05) is 16.7 Å². The molecule has 0 radical (unpaired) electrons. The second-order valence-electron chi connectivity index (χ2n) is 6.58. The Morgan fingerprint density at radius 1 is 1.25 bits per heavy atom. The molecule has 0 aliphatic rings. The Bertz CT molecular complexity index is 1010. The van der Waals surface area contributed by atoms with E-state index in [4.69, 9.17) is 4.74 Å². The number of aliphatic carboxylic acids is 1. The summed E-state index contributed by atoms with van der Waals surface area (Å²) in [4.78, 5) is 16.1. The molecule has 28 heavy (non-hydrogen) atoms. The normalized spacial score (nSPS) is 11.9. The van der Waals surface area contributed by atoms with E-state index in [0.717, 1.165) is 52.5 Å². The summed E-state index contributed by atoms with van der Waals surface area (Å²) in [5, 5.41) is 20.8. The van der Waals surface area contributed by atoms with Crippen molar-refractivity contribution in [3.8, 4) is 5.75 Å². The highest BCUT2D eigenvalue weighted by Crippen LogP contribution is 2.32. The SMILES string of the molecule is CCCc1nc(S/C(=C/c2ccc(OC(C)C)c3ccccc23)C(=O)[O-])n[nH]1. The molecule has 0 spiro atoms. The number of benzene rings is 2. The average molecular weight is 396 g/mol. The molecule has 7 heteroatoms. The van der Waals surface area contributed by atoms with Crippen molar-refractivity contribution in [1.29, 1.82) is 0 Å². The third kappa shape index (κ3) is 4.72. The Balaban J connectivity index is 1.98. The van der Waals surface area contributed by atoms with Crippen LogP contribution in [-0.2, 0) is 11.2 Å². The number of rotatable bonds is 8. The lowest BCUT2D eigenvalue weighted by atomic mass is 10.0. The molecule has 0 bridgehead atoms. The molecule has 0 unspecified atom stereocenters. The number of thioether (sulfide) groups is 1. The fourth-order valence-electron chi connectivity index (χ4n) is 2.82. The summed E-state index contributed by atoms with van der Waals surface area (Å²) in [6.07, 6.45) is 3.33. The summed E-state index contributed by atoms with van der Waals surface area (Å²) in [5.41, 5.74) is 0.766. The number of H-pyrrole nitrogens is 1. The van der Waals surface area contributed by atoms with E-state index in [9.17, 15) is 9.90 Å². The van der Waals surface area contributed by atoms with Gasteiger partial charge in [-0.2, -0.15) is 0 Å². The lowest BCUT2D eigenvalue weighted by molar-refractivity contribution is -0.297. The smallest absolute Gasteiger partial charge is 0.213 e. The number of carboxylic acid groups (broad SMARTS) is 1. The Morgan fingerprint density at radius 3 is 2.68 bits per heavy atom. The van der Waals surface area contributed by atoms with Gasteiger partial charge in [-0.15, -0.1) is 5.10 Å². The number of hydrogen-bond donors (Lipinski definition) is 1. The molecule has 0 fully saturated rings. The largest absolute Gasteiger partial charge is 0.544 e. The van der Waals surface area contributed by atoms with Crippen LogP contribution in [0.2, 0.25) is 0 Å². The Morgan fingerprint density at radius 2 is 2.00 bits per heavy atom. The number of nitrogens with zero attached hydrogens (tertiary/aromatic N) is 2. The van der Waals surface area contributed by atoms with Gasteiger partial charge in [-0.3, -0.25) is 5.10 Å². The molecule has 0 amide bonds. The lowest BCUT2D eigenvalue weighted by Crippen LogP contribution is -2.23. The number of carbonyl (C=O) groups excluding carboxylic acids is 1. The average Bonchev–Trinajstić information content (AvgIpc) is 3.10. The molecule has 0 aliphatic carbocycles. The first-order valence-electron chi connectivity index (χ1n) is 9.18. The number of carboxylic acids is 1. The Labute approximate surface area is 168 Å². The Hall–Kier alpha value is -2.80. The van der Waals surface area contributed by atoms with Gasteiger partial charge in [-0.25, -0.2) is 4.98 Å². The van der Waals surface area contributed by atoms with E-state index in [1.807, 2.05) is 57.2 Å². The highest BCUT2D eigenvalue weighted by molar-refractivity contribution is 8.04. The van der Waals surface area contributed by atoms with E-state index in [-0.39, 0.29) is 11.0 Å². The summed E-state index contributed by atoms with van der Waals surface area (Å²) in [6.45, 7) is 5.98. The molecular weight excluding hydrogens is 374 g/mol. The van der Waals surface area contributed by atoms with Crippen molar-refractivity contribution >= 4 is 34.6 Å². The van der Waals surface area contributed by atoms with Crippen LogP contribution in [0.3, 0.4) is 0 Å². The second kappa shape index (κ2) is 8.93. The number of aromatic amines is 1. The topological polar surface area (TPSA) is 90.9 Å². The molecule has 0 atom stereocenters. The number of hydrogen-bond acceptors (Lipinski definition) is 6. The highest BCUT2D eigenvalue weighted by atomic mass is 32.2. The van der Waals surface area contributed by atoms with Crippen LogP contribution < -0.4 is 9.84 Å². The molecule has 3 aromatic rings. The monoisotopic (exact) mass is 396 g/mol. The van der Waals surface area contributed by atoms with E-state index < -0.39 is 5.97 Å². The van der Waals surface area contributed by atoms with Gasteiger partial charge >= 0.3 is 0 Å². The van der Waals surface area contributed by atoms with Crippen LogP contribution in [-0.4, -0.2) is 27.3 Å². The zero-order chi connectivity index (χ0) is 20.1. The molecular formula is C21H22N3O3S-. The molecule has 3 rings (SSSR count). The maximum atomic E-state index is 11.7. The van der Waals surface area contributed by atoms with E-state index in [1.54, 1.807) is 6.08 Å². The minimum atomic E-state index is -1.27. The van der Waals surface area contributed by atoms with Crippen molar-refractivity contribution in [3.05, 3.63) is 52.7 Å². The summed E-state index contributed by atoms with van der Waals surface area (Å²) in [7, 11) is 0. The van der Waals surface area contributed by atoms with Crippen molar-refractivity contribution in [2.45, 2.75) is 44.9 Å². The zero-order valence-corrected chi connectivity index (χ0v) is 16.9. The van der Waals surface area contributed by atoms with Crippen LogP contribution in [0.4, 0.5) is 0 Å². The van der Waals surface area contributed by atoms with Crippen LogP contribution in [0, 0.1) is 0 Å². The number of aromatic nitrogens is 3. The van der Waals surface area contributed by atoms with Gasteiger partial charge < -0.3 is 14.6 Å². The standard InChI is InChI=1S/C21H23N3O3S/c1-4-7-19-22-21(24-23-19)28-18(20(25)26)12-14-10-11-17(27-13(2)3)16-9-6-5-8-15(14)16/h5-6,8-13H,4,7H2,1-3H3,(H,25,26)(H,22,23,24)/p-1/b18-12+. The van der Waals surface area contributed by atoms with Crippen LogP contribution in [0.15, 0.2) is 46.5 Å². The van der Waals surface area contributed by atoms with E-state index >= 15 is 0 Å².